The van der Waals surface area contributed by atoms with Crippen molar-refractivity contribution in [2.45, 2.75) is 32.5 Å². The molecule has 0 saturated carbocycles. The van der Waals surface area contributed by atoms with Crippen molar-refractivity contribution in [1.29, 1.82) is 0 Å². The zero-order chi connectivity index (χ0) is 19.4. The Bertz CT molecular complexity index is 767. The lowest BCUT2D eigenvalue weighted by atomic mass is 10.1. The number of nitrogens with zero attached hydrogens (tertiary/aromatic N) is 2. The van der Waals surface area contributed by atoms with Gasteiger partial charge in [-0.25, -0.2) is 4.39 Å². The predicted molar refractivity (Wildman–Crippen MR) is 107 cm³/mol. The second-order valence-electron chi connectivity index (χ2n) is 7.04. The number of hydrogen-bond acceptors (Lipinski definition) is 3. The number of piperazine rings is 1. The summed E-state index contributed by atoms with van der Waals surface area (Å²) >= 11 is 3.38. The average Bonchev–Trinajstić information content (AvgIpc) is 2.65. The number of carbonyl (C=O) groups excluding carboxylic acids is 1. The van der Waals surface area contributed by atoms with Gasteiger partial charge in [0.1, 0.15) is 11.6 Å². The highest BCUT2D eigenvalue weighted by atomic mass is 79.9. The maximum atomic E-state index is 13.1. The molecular formula is C21H24BrFN2O2. The molecule has 1 fully saturated rings. The molecule has 6 heteroatoms. The van der Waals surface area contributed by atoms with E-state index in [9.17, 15) is 9.18 Å². The quantitative estimate of drug-likeness (QED) is 0.710. The lowest BCUT2D eigenvalue weighted by molar-refractivity contribution is -0.139. The van der Waals surface area contributed by atoms with Crippen LogP contribution in [-0.2, 0) is 11.3 Å². The Morgan fingerprint density at radius 3 is 2.41 bits per heavy atom. The largest absolute Gasteiger partial charge is 0.484 e. The van der Waals surface area contributed by atoms with E-state index in [1.54, 1.807) is 0 Å². The SMILES string of the molecule is CC1CN(C(=O)COc2ccc(Br)cc2)C(C)CN1Cc1ccc(F)cc1. The molecule has 0 aromatic heterocycles. The van der Waals surface area contributed by atoms with Crippen LogP contribution in [0.25, 0.3) is 0 Å². The fourth-order valence-corrected chi connectivity index (χ4v) is 3.61. The predicted octanol–water partition coefficient (Wildman–Crippen LogP) is 4.09. The number of hydrogen-bond donors (Lipinski definition) is 0. The molecule has 1 aliphatic rings. The first kappa shape index (κ1) is 19.8. The zero-order valence-electron chi connectivity index (χ0n) is 15.6. The summed E-state index contributed by atoms with van der Waals surface area (Å²) in [6.45, 7) is 6.40. The Hall–Kier alpha value is -1.92. The third-order valence-corrected chi connectivity index (χ3v) is 5.44. The Kier molecular flexibility index (Phi) is 6.50. The van der Waals surface area contributed by atoms with Gasteiger partial charge < -0.3 is 9.64 Å². The summed E-state index contributed by atoms with van der Waals surface area (Å²) in [4.78, 5) is 16.9. The molecular weight excluding hydrogens is 411 g/mol. The standard InChI is InChI=1S/C21H24BrFN2O2/c1-15-12-25(21(26)14-27-20-9-5-18(22)6-10-20)16(2)11-24(15)13-17-3-7-19(23)8-4-17/h3-10,15-16H,11-14H2,1-2H3. The van der Waals surface area contributed by atoms with Crippen LogP contribution in [0.15, 0.2) is 53.0 Å². The van der Waals surface area contributed by atoms with Crippen LogP contribution in [0.4, 0.5) is 4.39 Å². The lowest BCUT2D eigenvalue weighted by Gasteiger charge is -2.44. The molecule has 3 rings (SSSR count). The molecule has 144 valence electrons. The van der Waals surface area contributed by atoms with Gasteiger partial charge in [0.15, 0.2) is 6.61 Å². The Labute approximate surface area is 168 Å². The number of halogens is 2. The number of carbonyl (C=O) groups is 1. The highest BCUT2D eigenvalue weighted by Crippen LogP contribution is 2.20. The number of ether oxygens (including phenoxy) is 1. The van der Waals surface area contributed by atoms with Crippen LogP contribution in [0.5, 0.6) is 5.75 Å². The summed E-state index contributed by atoms with van der Waals surface area (Å²) in [5, 5.41) is 0. The molecule has 1 amide bonds. The van der Waals surface area contributed by atoms with E-state index in [1.165, 1.54) is 12.1 Å². The van der Waals surface area contributed by atoms with Gasteiger partial charge in [-0.05, 0) is 55.8 Å². The Morgan fingerprint density at radius 1 is 1.07 bits per heavy atom. The van der Waals surface area contributed by atoms with Gasteiger partial charge >= 0.3 is 0 Å². The van der Waals surface area contributed by atoms with Crippen molar-refractivity contribution < 1.29 is 13.9 Å². The van der Waals surface area contributed by atoms with E-state index in [1.807, 2.05) is 41.3 Å². The Morgan fingerprint density at radius 2 is 1.74 bits per heavy atom. The number of amides is 1. The van der Waals surface area contributed by atoms with Gasteiger partial charge in [0.05, 0.1) is 0 Å². The van der Waals surface area contributed by atoms with E-state index >= 15 is 0 Å². The summed E-state index contributed by atoms with van der Waals surface area (Å²) < 4.78 is 19.7. The molecule has 2 aromatic carbocycles. The van der Waals surface area contributed by atoms with Crippen LogP contribution in [0, 0.1) is 5.82 Å². The molecule has 1 heterocycles. The third kappa shape index (κ3) is 5.30. The summed E-state index contributed by atoms with van der Waals surface area (Å²) in [6.07, 6.45) is 0. The van der Waals surface area contributed by atoms with Gasteiger partial charge in [-0.3, -0.25) is 9.69 Å². The van der Waals surface area contributed by atoms with Gasteiger partial charge in [0, 0.05) is 36.2 Å². The van der Waals surface area contributed by atoms with E-state index < -0.39 is 0 Å². The molecule has 1 aliphatic heterocycles. The van der Waals surface area contributed by atoms with Crippen LogP contribution >= 0.6 is 15.9 Å². The fourth-order valence-electron chi connectivity index (χ4n) is 3.35. The topological polar surface area (TPSA) is 32.8 Å². The fraction of sp³-hybridized carbons (Fsp3) is 0.381. The summed E-state index contributed by atoms with van der Waals surface area (Å²) in [7, 11) is 0. The van der Waals surface area contributed by atoms with E-state index in [0.29, 0.717) is 12.3 Å². The first-order valence-electron chi connectivity index (χ1n) is 9.08. The number of rotatable bonds is 5. The van der Waals surface area contributed by atoms with Crippen LogP contribution in [0.3, 0.4) is 0 Å². The van der Waals surface area contributed by atoms with Gasteiger partial charge in [0.25, 0.3) is 5.91 Å². The maximum Gasteiger partial charge on any atom is 0.260 e. The molecule has 0 spiro atoms. The molecule has 2 aromatic rings. The van der Waals surface area contributed by atoms with Crippen molar-refractivity contribution in [3.05, 3.63) is 64.4 Å². The van der Waals surface area contributed by atoms with Crippen molar-refractivity contribution in [3.8, 4) is 5.75 Å². The summed E-state index contributed by atoms with van der Waals surface area (Å²) in [5.41, 5.74) is 1.08. The molecule has 0 N–H and O–H groups in total. The van der Waals surface area contributed by atoms with E-state index in [2.05, 4.69) is 34.7 Å². The number of benzene rings is 2. The van der Waals surface area contributed by atoms with Gasteiger partial charge in [0.2, 0.25) is 0 Å². The molecule has 0 radical (unpaired) electrons. The lowest BCUT2D eigenvalue weighted by Crippen LogP contribution is -2.58. The average molecular weight is 435 g/mol. The molecule has 2 atom stereocenters. The molecule has 2 unspecified atom stereocenters. The van der Waals surface area contributed by atoms with E-state index in [0.717, 1.165) is 23.1 Å². The first-order valence-corrected chi connectivity index (χ1v) is 9.88. The Balaban J connectivity index is 1.54. The highest BCUT2D eigenvalue weighted by molar-refractivity contribution is 9.10. The second-order valence-corrected chi connectivity index (χ2v) is 7.96. The normalized spacial score (nSPS) is 20.5. The second kappa shape index (κ2) is 8.85. The first-order chi connectivity index (χ1) is 12.9. The van der Waals surface area contributed by atoms with E-state index in [4.69, 9.17) is 4.74 Å². The molecule has 0 bridgehead atoms. The molecule has 4 nitrogen and oxygen atoms in total. The smallest absolute Gasteiger partial charge is 0.260 e. The minimum atomic E-state index is -0.221. The van der Waals surface area contributed by atoms with Crippen LogP contribution in [-0.4, -0.2) is 47.5 Å². The monoisotopic (exact) mass is 434 g/mol. The van der Waals surface area contributed by atoms with Crippen molar-refractivity contribution in [3.63, 3.8) is 0 Å². The minimum absolute atomic E-state index is 0.00120. The van der Waals surface area contributed by atoms with E-state index in [-0.39, 0.29) is 30.4 Å². The van der Waals surface area contributed by atoms with Crippen molar-refractivity contribution in [2.24, 2.45) is 0 Å². The molecule has 27 heavy (non-hydrogen) atoms. The van der Waals surface area contributed by atoms with Crippen molar-refractivity contribution in [1.82, 2.24) is 9.80 Å². The van der Waals surface area contributed by atoms with Crippen LogP contribution < -0.4 is 4.74 Å². The molecule has 1 saturated heterocycles. The minimum Gasteiger partial charge on any atom is -0.484 e. The third-order valence-electron chi connectivity index (χ3n) is 4.91. The van der Waals surface area contributed by atoms with Crippen molar-refractivity contribution in [2.75, 3.05) is 19.7 Å². The summed E-state index contributed by atoms with van der Waals surface area (Å²) in [6, 6.07) is 14.4. The summed E-state index contributed by atoms with van der Waals surface area (Å²) in [5.74, 6) is 0.460. The van der Waals surface area contributed by atoms with Crippen LogP contribution in [0.2, 0.25) is 0 Å². The van der Waals surface area contributed by atoms with Crippen molar-refractivity contribution >= 4 is 21.8 Å². The highest BCUT2D eigenvalue weighted by Gasteiger charge is 2.32. The van der Waals surface area contributed by atoms with Gasteiger partial charge in [-0.15, -0.1) is 0 Å². The van der Waals surface area contributed by atoms with Gasteiger partial charge in [-0.2, -0.15) is 0 Å². The zero-order valence-corrected chi connectivity index (χ0v) is 17.2. The van der Waals surface area contributed by atoms with Crippen LogP contribution in [0.1, 0.15) is 19.4 Å². The maximum absolute atomic E-state index is 13.1. The molecule has 0 aliphatic carbocycles. The van der Waals surface area contributed by atoms with Gasteiger partial charge in [-0.1, -0.05) is 28.1 Å².